The van der Waals surface area contributed by atoms with Crippen LogP contribution in [0.4, 0.5) is 11.4 Å². The molecule has 0 saturated carbocycles. The molecule has 0 bridgehead atoms. The first-order valence-electron chi connectivity index (χ1n) is 6.45. The molecule has 0 radical (unpaired) electrons. The van der Waals surface area contributed by atoms with E-state index in [9.17, 15) is 8.42 Å². The van der Waals surface area contributed by atoms with Gasteiger partial charge >= 0.3 is 0 Å². The normalized spacial score (nSPS) is 20.6. The molecule has 106 valence electrons. The molecule has 1 aromatic carbocycles. The van der Waals surface area contributed by atoms with Gasteiger partial charge in [0.25, 0.3) is 0 Å². The Morgan fingerprint density at radius 3 is 2.79 bits per heavy atom. The van der Waals surface area contributed by atoms with E-state index < -0.39 is 10.0 Å². The highest BCUT2D eigenvalue weighted by Crippen LogP contribution is 2.19. The summed E-state index contributed by atoms with van der Waals surface area (Å²) in [5.41, 5.74) is 1.51. The Morgan fingerprint density at radius 1 is 1.21 bits per heavy atom. The molecule has 2 rings (SSSR count). The van der Waals surface area contributed by atoms with Gasteiger partial charge in [-0.3, -0.25) is 4.72 Å². The minimum atomic E-state index is -3.23. The van der Waals surface area contributed by atoms with Gasteiger partial charge in [0.05, 0.1) is 11.9 Å². The Morgan fingerprint density at radius 2 is 2.00 bits per heavy atom. The highest BCUT2D eigenvalue weighted by atomic mass is 32.2. The summed E-state index contributed by atoms with van der Waals surface area (Å²) >= 11 is 0. The third kappa shape index (κ3) is 5.08. The van der Waals surface area contributed by atoms with Crippen molar-refractivity contribution in [3.05, 3.63) is 24.3 Å². The molecular formula is C13H20N2O3S. The molecule has 0 amide bonds. The van der Waals surface area contributed by atoms with Crippen molar-refractivity contribution in [3.8, 4) is 0 Å². The summed E-state index contributed by atoms with van der Waals surface area (Å²) < 4.78 is 30.3. The summed E-state index contributed by atoms with van der Waals surface area (Å²) in [5, 5.41) is 3.43. The fourth-order valence-electron chi connectivity index (χ4n) is 2.17. The van der Waals surface area contributed by atoms with Gasteiger partial charge in [0, 0.05) is 24.9 Å². The van der Waals surface area contributed by atoms with E-state index in [2.05, 4.69) is 10.0 Å². The summed E-state index contributed by atoms with van der Waals surface area (Å²) in [6, 6.07) is 7.72. The molecule has 1 atom stereocenters. The molecule has 1 unspecified atom stereocenters. The zero-order valence-corrected chi connectivity index (χ0v) is 11.9. The third-order valence-electron chi connectivity index (χ3n) is 2.99. The Labute approximate surface area is 114 Å². The first-order chi connectivity index (χ1) is 9.03. The molecule has 0 aromatic heterocycles. The Hall–Kier alpha value is -1.27. The van der Waals surface area contributed by atoms with E-state index in [1.807, 2.05) is 18.2 Å². The lowest BCUT2D eigenvalue weighted by Gasteiger charge is -2.17. The summed E-state index contributed by atoms with van der Waals surface area (Å²) in [7, 11) is -3.23. The van der Waals surface area contributed by atoms with Crippen molar-refractivity contribution in [2.75, 3.05) is 29.5 Å². The highest BCUT2D eigenvalue weighted by molar-refractivity contribution is 7.92. The lowest BCUT2D eigenvalue weighted by Crippen LogP contribution is -2.19. The van der Waals surface area contributed by atoms with Crippen LogP contribution in [-0.4, -0.2) is 33.9 Å². The van der Waals surface area contributed by atoms with E-state index in [4.69, 9.17) is 4.74 Å². The molecule has 1 aromatic rings. The molecule has 0 spiro atoms. The predicted molar refractivity (Wildman–Crippen MR) is 77.0 cm³/mol. The van der Waals surface area contributed by atoms with Crippen molar-refractivity contribution in [2.45, 2.75) is 25.3 Å². The van der Waals surface area contributed by atoms with Crippen LogP contribution >= 0.6 is 0 Å². The Kier molecular flexibility index (Phi) is 4.66. The third-order valence-corrected chi connectivity index (χ3v) is 3.60. The van der Waals surface area contributed by atoms with E-state index in [0.717, 1.165) is 44.4 Å². The Bertz CT molecular complexity index is 508. The van der Waals surface area contributed by atoms with Crippen LogP contribution in [0.15, 0.2) is 24.3 Å². The molecular weight excluding hydrogens is 264 g/mol. The van der Waals surface area contributed by atoms with Crippen LogP contribution in [0.5, 0.6) is 0 Å². The first kappa shape index (κ1) is 14.1. The molecule has 1 saturated heterocycles. The SMILES string of the molecule is CS(=O)(=O)Nc1cccc(NC2CCCOCC2)c1. The van der Waals surface area contributed by atoms with Gasteiger partial charge in [-0.25, -0.2) is 8.42 Å². The zero-order chi connectivity index (χ0) is 13.7. The maximum Gasteiger partial charge on any atom is 0.229 e. The second kappa shape index (κ2) is 6.25. The van der Waals surface area contributed by atoms with Crippen LogP contribution < -0.4 is 10.0 Å². The van der Waals surface area contributed by atoms with Gasteiger partial charge < -0.3 is 10.1 Å². The fraction of sp³-hybridized carbons (Fsp3) is 0.538. The summed E-state index contributed by atoms with van der Waals surface area (Å²) in [6.07, 6.45) is 4.25. The van der Waals surface area contributed by atoms with E-state index in [-0.39, 0.29) is 0 Å². The van der Waals surface area contributed by atoms with Crippen LogP contribution in [-0.2, 0) is 14.8 Å². The number of rotatable bonds is 4. The summed E-state index contributed by atoms with van der Waals surface area (Å²) in [6.45, 7) is 1.60. The molecule has 19 heavy (non-hydrogen) atoms. The topological polar surface area (TPSA) is 67.4 Å². The maximum atomic E-state index is 11.2. The smallest absolute Gasteiger partial charge is 0.229 e. The molecule has 1 fully saturated rings. The van der Waals surface area contributed by atoms with Crippen molar-refractivity contribution < 1.29 is 13.2 Å². The van der Waals surface area contributed by atoms with Crippen molar-refractivity contribution in [2.24, 2.45) is 0 Å². The molecule has 0 aliphatic carbocycles. The minimum Gasteiger partial charge on any atom is -0.382 e. The summed E-state index contributed by atoms with van der Waals surface area (Å²) in [4.78, 5) is 0. The molecule has 6 heteroatoms. The number of nitrogens with one attached hydrogen (secondary N) is 2. The van der Waals surface area contributed by atoms with Gasteiger partial charge in [-0.1, -0.05) is 6.07 Å². The number of benzene rings is 1. The van der Waals surface area contributed by atoms with E-state index >= 15 is 0 Å². The maximum absolute atomic E-state index is 11.2. The number of hydrogen-bond acceptors (Lipinski definition) is 4. The monoisotopic (exact) mass is 284 g/mol. The fourth-order valence-corrected chi connectivity index (χ4v) is 2.73. The van der Waals surface area contributed by atoms with Crippen LogP contribution in [0, 0.1) is 0 Å². The average molecular weight is 284 g/mol. The molecule has 2 N–H and O–H groups in total. The van der Waals surface area contributed by atoms with Gasteiger partial charge in [-0.05, 0) is 37.5 Å². The van der Waals surface area contributed by atoms with Crippen LogP contribution in [0.25, 0.3) is 0 Å². The minimum absolute atomic E-state index is 0.385. The highest BCUT2D eigenvalue weighted by Gasteiger charge is 2.12. The molecule has 5 nitrogen and oxygen atoms in total. The second-order valence-corrected chi connectivity index (χ2v) is 6.59. The van der Waals surface area contributed by atoms with Gasteiger partial charge in [0.1, 0.15) is 0 Å². The second-order valence-electron chi connectivity index (χ2n) is 4.84. The van der Waals surface area contributed by atoms with E-state index in [1.165, 1.54) is 0 Å². The Balaban J connectivity index is 2.01. The van der Waals surface area contributed by atoms with Crippen LogP contribution in [0.1, 0.15) is 19.3 Å². The van der Waals surface area contributed by atoms with Gasteiger partial charge in [0.15, 0.2) is 0 Å². The average Bonchev–Trinajstić information content (AvgIpc) is 2.56. The number of anilines is 2. The summed E-state index contributed by atoms with van der Waals surface area (Å²) in [5.74, 6) is 0. The molecule has 1 heterocycles. The largest absolute Gasteiger partial charge is 0.382 e. The van der Waals surface area contributed by atoms with E-state index in [0.29, 0.717) is 11.7 Å². The number of hydrogen-bond donors (Lipinski definition) is 2. The van der Waals surface area contributed by atoms with Gasteiger partial charge in [-0.2, -0.15) is 0 Å². The van der Waals surface area contributed by atoms with Crippen molar-refractivity contribution in [1.29, 1.82) is 0 Å². The van der Waals surface area contributed by atoms with Crippen LogP contribution in [0.3, 0.4) is 0 Å². The quantitative estimate of drug-likeness (QED) is 0.888. The van der Waals surface area contributed by atoms with Gasteiger partial charge in [-0.15, -0.1) is 0 Å². The van der Waals surface area contributed by atoms with Crippen molar-refractivity contribution in [1.82, 2.24) is 0 Å². The lowest BCUT2D eigenvalue weighted by molar-refractivity contribution is 0.144. The molecule has 1 aliphatic rings. The van der Waals surface area contributed by atoms with Crippen LogP contribution in [0.2, 0.25) is 0 Å². The van der Waals surface area contributed by atoms with E-state index in [1.54, 1.807) is 6.07 Å². The molecule has 1 aliphatic heterocycles. The van der Waals surface area contributed by atoms with Crippen molar-refractivity contribution >= 4 is 21.4 Å². The first-order valence-corrected chi connectivity index (χ1v) is 8.34. The predicted octanol–water partition coefficient (Wildman–Crippen LogP) is 2.04. The number of ether oxygens (including phenoxy) is 1. The number of sulfonamides is 1. The standard InChI is InChI=1S/C13H20N2O3S/c1-19(16,17)15-13-5-2-4-12(10-13)14-11-6-3-8-18-9-7-11/h2,4-5,10-11,14-15H,3,6-9H2,1H3. The van der Waals surface area contributed by atoms with Gasteiger partial charge in [0.2, 0.25) is 10.0 Å². The lowest BCUT2D eigenvalue weighted by atomic mass is 10.1. The van der Waals surface area contributed by atoms with Crippen molar-refractivity contribution in [3.63, 3.8) is 0 Å². The zero-order valence-electron chi connectivity index (χ0n) is 11.1.